The largest absolute Gasteiger partial charge is 0.339 e. The number of nitrogens with zero attached hydrogens (tertiary/aromatic N) is 1. The summed E-state index contributed by atoms with van der Waals surface area (Å²) in [5, 5.41) is 4.71. The molecular weight excluding hydrogens is 308 g/mol. The first kappa shape index (κ1) is 15.7. The molecule has 0 radical (unpaired) electrons. The molecule has 0 saturated heterocycles. The Hall–Kier alpha value is -2.14. The van der Waals surface area contributed by atoms with E-state index in [1.807, 2.05) is 18.5 Å². The highest BCUT2D eigenvalue weighted by atomic mass is 32.1. The molecule has 0 aliphatic heterocycles. The number of anilines is 1. The minimum absolute atomic E-state index is 0.00313. The molecule has 4 nitrogen and oxygen atoms in total. The van der Waals surface area contributed by atoms with E-state index in [1.165, 1.54) is 24.2 Å². The van der Waals surface area contributed by atoms with Crippen LogP contribution in [0.5, 0.6) is 0 Å². The lowest BCUT2D eigenvalue weighted by Gasteiger charge is -2.25. The van der Waals surface area contributed by atoms with E-state index in [9.17, 15) is 9.59 Å². The third kappa shape index (κ3) is 3.62. The Bertz CT molecular complexity index is 708. The maximum atomic E-state index is 12.6. The topological polar surface area (TPSA) is 49.4 Å². The third-order valence-corrected chi connectivity index (χ3v) is 5.22. The van der Waals surface area contributed by atoms with Crippen molar-refractivity contribution in [1.29, 1.82) is 0 Å². The molecule has 1 aliphatic rings. The smallest absolute Gasteiger partial charge is 0.265 e. The molecule has 1 aromatic carbocycles. The van der Waals surface area contributed by atoms with Crippen molar-refractivity contribution >= 4 is 28.8 Å². The summed E-state index contributed by atoms with van der Waals surface area (Å²) >= 11 is 1.39. The van der Waals surface area contributed by atoms with Crippen LogP contribution in [0, 0.1) is 5.92 Å². The van der Waals surface area contributed by atoms with Gasteiger partial charge in [0, 0.05) is 24.3 Å². The van der Waals surface area contributed by atoms with Crippen molar-refractivity contribution in [2.45, 2.75) is 25.8 Å². The van der Waals surface area contributed by atoms with Crippen LogP contribution in [0.4, 0.5) is 5.69 Å². The Morgan fingerprint density at radius 2 is 2.04 bits per heavy atom. The summed E-state index contributed by atoms with van der Waals surface area (Å²) in [7, 11) is 1.85. The number of carbonyl (C=O) groups excluding carboxylic acids is 2. The number of carbonyl (C=O) groups is 2. The van der Waals surface area contributed by atoms with Gasteiger partial charge in [0.15, 0.2) is 0 Å². The lowest BCUT2D eigenvalue weighted by atomic mass is 10.1. The Balaban J connectivity index is 1.71. The van der Waals surface area contributed by atoms with Crippen LogP contribution in [-0.4, -0.2) is 29.8 Å². The number of rotatable bonds is 5. The number of hydrogen-bond donors (Lipinski definition) is 1. The monoisotopic (exact) mass is 328 g/mol. The minimum Gasteiger partial charge on any atom is -0.339 e. The van der Waals surface area contributed by atoms with Crippen LogP contribution >= 0.6 is 11.3 Å². The van der Waals surface area contributed by atoms with E-state index in [4.69, 9.17) is 0 Å². The molecule has 1 N–H and O–H groups in total. The number of amides is 2. The van der Waals surface area contributed by atoms with E-state index in [2.05, 4.69) is 12.2 Å². The standard InChI is InChI=1S/C18H20N2O2S/c1-12(13-8-9-13)20(2)18(22)14-5-3-6-15(11-14)19-17(21)16-7-4-10-23-16/h3-7,10-13H,8-9H2,1-2H3,(H,19,21)/t12-/m0/s1. The van der Waals surface area contributed by atoms with Crippen LogP contribution in [-0.2, 0) is 0 Å². The highest BCUT2D eigenvalue weighted by molar-refractivity contribution is 7.12. The zero-order valence-corrected chi connectivity index (χ0v) is 14.1. The van der Waals surface area contributed by atoms with Gasteiger partial charge in [-0.05, 0) is 55.3 Å². The second-order valence-electron chi connectivity index (χ2n) is 6.01. The van der Waals surface area contributed by atoms with Crippen molar-refractivity contribution in [3.63, 3.8) is 0 Å². The van der Waals surface area contributed by atoms with Crippen molar-refractivity contribution in [1.82, 2.24) is 4.90 Å². The van der Waals surface area contributed by atoms with E-state index >= 15 is 0 Å². The zero-order chi connectivity index (χ0) is 16.4. The summed E-state index contributed by atoms with van der Waals surface area (Å²) in [5.41, 5.74) is 1.24. The predicted molar refractivity (Wildman–Crippen MR) is 93.0 cm³/mol. The van der Waals surface area contributed by atoms with Gasteiger partial charge in [0.25, 0.3) is 11.8 Å². The van der Waals surface area contributed by atoms with Crippen molar-refractivity contribution < 1.29 is 9.59 Å². The van der Waals surface area contributed by atoms with Crippen LogP contribution in [0.25, 0.3) is 0 Å². The minimum atomic E-state index is -0.149. The first-order valence-electron chi connectivity index (χ1n) is 7.78. The lowest BCUT2D eigenvalue weighted by Crippen LogP contribution is -2.36. The van der Waals surface area contributed by atoms with E-state index in [-0.39, 0.29) is 17.9 Å². The fraction of sp³-hybridized carbons (Fsp3) is 0.333. The summed E-state index contributed by atoms with van der Waals surface area (Å²) in [5.74, 6) is 0.478. The second-order valence-corrected chi connectivity index (χ2v) is 6.95. The summed E-state index contributed by atoms with van der Waals surface area (Å²) in [6, 6.07) is 11.0. The molecule has 23 heavy (non-hydrogen) atoms. The van der Waals surface area contributed by atoms with E-state index in [0.717, 1.165) is 0 Å². The van der Waals surface area contributed by atoms with E-state index in [1.54, 1.807) is 35.2 Å². The maximum absolute atomic E-state index is 12.6. The molecule has 0 unspecified atom stereocenters. The molecule has 1 aliphatic carbocycles. The van der Waals surface area contributed by atoms with Crippen molar-refractivity contribution in [3.8, 4) is 0 Å². The Morgan fingerprint density at radius 1 is 1.26 bits per heavy atom. The predicted octanol–water partition coefficient (Wildman–Crippen LogP) is 3.87. The number of thiophene rings is 1. The van der Waals surface area contributed by atoms with Crippen LogP contribution in [0.3, 0.4) is 0 Å². The Morgan fingerprint density at radius 3 is 2.70 bits per heavy atom. The maximum Gasteiger partial charge on any atom is 0.265 e. The van der Waals surface area contributed by atoms with Gasteiger partial charge in [0.2, 0.25) is 0 Å². The summed E-state index contributed by atoms with van der Waals surface area (Å²) < 4.78 is 0. The average Bonchev–Trinajstić information content (AvgIpc) is 3.26. The summed E-state index contributed by atoms with van der Waals surface area (Å²) in [6.07, 6.45) is 2.41. The van der Waals surface area contributed by atoms with Gasteiger partial charge in [-0.25, -0.2) is 0 Å². The Labute approximate surface area is 140 Å². The molecule has 120 valence electrons. The molecule has 1 heterocycles. The fourth-order valence-corrected chi connectivity index (χ4v) is 3.23. The van der Waals surface area contributed by atoms with Gasteiger partial charge < -0.3 is 10.2 Å². The number of nitrogens with one attached hydrogen (secondary N) is 1. The van der Waals surface area contributed by atoms with Gasteiger partial charge in [-0.1, -0.05) is 12.1 Å². The SMILES string of the molecule is C[C@@H](C1CC1)N(C)C(=O)c1cccc(NC(=O)c2cccs2)c1. The first-order chi connectivity index (χ1) is 11.1. The second kappa shape index (κ2) is 6.54. The molecule has 0 bridgehead atoms. The third-order valence-electron chi connectivity index (χ3n) is 4.35. The number of benzene rings is 1. The first-order valence-corrected chi connectivity index (χ1v) is 8.66. The van der Waals surface area contributed by atoms with Crippen LogP contribution in [0.1, 0.15) is 39.8 Å². The summed E-state index contributed by atoms with van der Waals surface area (Å²) in [6.45, 7) is 2.10. The molecule has 2 aromatic rings. The van der Waals surface area contributed by atoms with Gasteiger partial charge in [-0.15, -0.1) is 11.3 Å². The van der Waals surface area contributed by atoms with Gasteiger partial charge in [0.1, 0.15) is 0 Å². The molecule has 0 spiro atoms. The molecule has 1 fully saturated rings. The van der Waals surface area contributed by atoms with Crippen LogP contribution in [0.15, 0.2) is 41.8 Å². The van der Waals surface area contributed by atoms with Gasteiger partial charge in [-0.2, -0.15) is 0 Å². The lowest BCUT2D eigenvalue weighted by molar-refractivity contribution is 0.0727. The molecule has 1 atom stereocenters. The highest BCUT2D eigenvalue weighted by Crippen LogP contribution is 2.35. The normalized spacial score (nSPS) is 15.0. The number of hydrogen-bond acceptors (Lipinski definition) is 3. The molecule has 5 heteroatoms. The molecule has 1 aromatic heterocycles. The molecule has 2 amide bonds. The average molecular weight is 328 g/mol. The molecular formula is C18H20N2O2S. The van der Waals surface area contributed by atoms with Crippen molar-refractivity contribution in [2.75, 3.05) is 12.4 Å². The van der Waals surface area contributed by atoms with Gasteiger partial charge in [0.05, 0.1) is 4.88 Å². The quantitative estimate of drug-likeness (QED) is 0.906. The van der Waals surface area contributed by atoms with Crippen molar-refractivity contribution in [3.05, 3.63) is 52.2 Å². The van der Waals surface area contributed by atoms with Crippen LogP contribution < -0.4 is 5.32 Å². The van der Waals surface area contributed by atoms with E-state index < -0.39 is 0 Å². The molecule has 1 saturated carbocycles. The van der Waals surface area contributed by atoms with Gasteiger partial charge in [-0.3, -0.25) is 9.59 Å². The van der Waals surface area contributed by atoms with E-state index in [0.29, 0.717) is 22.0 Å². The zero-order valence-electron chi connectivity index (χ0n) is 13.3. The Kier molecular flexibility index (Phi) is 4.48. The van der Waals surface area contributed by atoms with Crippen molar-refractivity contribution in [2.24, 2.45) is 5.92 Å². The highest BCUT2D eigenvalue weighted by Gasteiger charge is 2.32. The van der Waals surface area contributed by atoms with Crippen LogP contribution in [0.2, 0.25) is 0 Å². The fourth-order valence-electron chi connectivity index (χ4n) is 2.61. The van der Waals surface area contributed by atoms with Gasteiger partial charge >= 0.3 is 0 Å². The summed E-state index contributed by atoms with van der Waals surface area (Å²) in [4.78, 5) is 27.2. The molecule has 3 rings (SSSR count).